The van der Waals surface area contributed by atoms with Crippen LogP contribution in [0.4, 0.5) is 0 Å². The van der Waals surface area contributed by atoms with Crippen molar-refractivity contribution >= 4 is 33.6 Å². The lowest BCUT2D eigenvalue weighted by Crippen LogP contribution is -2.33. The predicted octanol–water partition coefficient (Wildman–Crippen LogP) is 10.9. The molecule has 0 saturated carbocycles. The maximum Gasteiger partial charge on any atom is 0.164 e. The first kappa shape index (κ1) is 32.2. The number of nitrogens with one attached hydrogen (secondary N) is 1. The van der Waals surface area contributed by atoms with Gasteiger partial charge in [0, 0.05) is 38.6 Å². The number of rotatable bonds is 7. The molecule has 3 heterocycles. The Hall–Kier alpha value is -7.51. The van der Waals surface area contributed by atoms with Crippen molar-refractivity contribution in [3.8, 4) is 45.3 Å². The summed E-state index contributed by atoms with van der Waals surface area (Å²) in [6.45, 7) is 0. The second-order valence-corrected chi connectivity index (χ2v) is 13.3. The first-order valence-electron chi connectivity index (χ1n) is 18.2. The number of para-hydroxylation sites is 1. The molecule has 0 fully saturated rings. The van der Waals surface area contributed by atoms with Gasteiger partial charge < -0.3 is 9.73 Å². The van der Waals surface area contributed by atoms with Crippen LogP contribution in [0.15, 0.2) is 196 Å². The van der Waals surface area contributed by atoms with E-state index in [0.717, 1.165) is 72.3 Å². The molecule has 7 aromatic carbocycles. The van der Waals surface area contributed by atoms with Crippen LogP contribution in [0.25, 0.3) is 67.2 Å². The predicted molar refractivity (Wildman–Crippen MR) is 221 cm³/mol. The van der Waals surface area contributed by atoms with Crippen LogP contribution in [0.3, 0.4) is 0 Å². The zero-order valence-corrected chi connectivity index (χ0v) is 29.5. The number of nitrogens with zero attached hydrogens (tertiary/aromatic N) is 5. The Labute approximate surface area is 317 Å². The molecule has 0 radical (unpaired) electrons. The quantitative estimate of drug-likeness (QED) is 0.178. The van der Waals surface area contributed by atoms with Gasteiger partial charge in [0.05, 0.1) is 0 Å². The summed E-state index contributed by atoms with van der Waals surface area (Å²) in [5.41, 5.74) is 9.14. The number of hydrogen-bond donors (Lipinski definition) is 1. The lowest BCUT2D eigenvalue weighted by Gasteiger charge is -2.24. The molecular formula is C48H32N6O. The van der Waals surface area contributed by atoms with Crippen LogP contribution in [0.2, 0.25) is 0 Å². The summed E-state index contributed by atoms with van der Waals surface area (Å²) in [5.74, 6) is 3.08. The van der Waals surface area contributed by atoms with E-state index in [2.05, 4.69) is 66.0 Å². The highest BCUT2D eigenvalue weighted by Gasteiger charge is 2.23. The van der Waals surface area contributed by atoms with E-state index in [4.69, 9.17) is 29.4 Å². The van der Waals surface area contributed by atoms with Crippen LogP contribution >= 0.6 is 0 Å². The summed E-state index contributed by atoms with van der Waals surface area (Å²) in [6.07, 6.45) is -0.338. The number of aromatic nitrogens is 3. The minimum atomic E-state index is -0.338. The van der Waals surface area contributed by atoms with E-state index in [1.165, 1.54) is 0 Å². The van der Waals surface area contributed by atoms with Crippen LogP contribution in [0, 0.1) is 0 Å². The van der Waals surface area contributed by atoms with Gasteiger partial charge in [-0.1, -0.05) is 158 Å². The third kappa shape index (κ3) is 6.23. The highest BCUT2D eigenvalue weighted by molar-refractivity contribution is 6.14. The van der Waals surface area contributed by atoms with Gasteiger partial charge in [-0.3, -0.25) is 0 Å². The highest BCUT2D eigenvalue weighted by Crippen LogP contribution is 2.38. The summed E-state index contributed by atoms with van der Waals surface area (Å²) >= 11 is 0. The Bertz CT molecular complexity index is 2830. The Morgan fingerprint density at radius 3 is 1.67 bits per heavy atom. The smallest absolute Gasteiger partial charge is 0.164 e. The number of fused-ring (bicyclic) bond motifs is 3. The van der Waals surface area contributed by atoms with Crippen molar-refractivity contribution < 1.29 is 4.42 Å². The number of furan rings is 1. The van der Waals surface area contributed by atoms with Gasteiger partial charge >= 0.3 is 0 Å². The Balaban J connectivity index is 1.21. The molecule has 1 aliphatic heterocycles. The third-order valence-electron chi connectivity index (χ3n) is 9.81. The van der Waals surface area contributed by atoms with Crippen molar-refractivity contribution in [2.45, 2.75) is 6.17 Å². The molecule has 0 amide bonds. The van der Waals surface area contributed by atoms with Crippen molar-refractivity contribution in [1.29, 1.82) is 0 Å². The molecule has 7 nitrogen and oxygen atoms in total. The Morgan fingerprint density at radius 1 is 0.418 bits per heavy atom. The van der Waals surface area contributed by atoms with Gasteiger partial charge in [-0.25, -0.2) is 24.9 Å². The topological polar surface area (TPSA) is 88.6 Å². The molecule has 0 aliphatic carbocycles. The standard InChI is InChI=1S/C48H32N6O/c1-5-15-31(16-6-1)43-49-44(32-17-7-2-8-18-32)52-47(51-43)36-25-27-37(35-26-28-42-39(29-35)38-23-13-14-24-41(38)55-42)40(30-36)48-53-45(33-19-9-3-10-20-33)50-46(54-48)34-21-11-4-12-22-34/h1-30,43H,(H,49,51,52). The minimum absolute atomic E-state index is 0.338. The van der Waals surface area contributed by atoms with Gasteiger partial charge in [-0.05, 0) is 41.0 Å². The van der Waals surface area contributed by atoms with Crippen molar-refractivity contribution in [1.82, 2.24) is 20.3 Å². The fourth-order valence-electron chi connectivity index (χ4n) is 7.07. The normalized spacial score (nSPS) is 14.0. The highest BCUT2D eigenvalue weighted by atomic mass is 16.3. The molecule has 9 aromatic rings. The Morgan fingerprint density at radius 2 is 0.982 bits per heavy atom. The largest absolute Gasteiger partial charge is 0.456 e. The Kier molecular flexibility index (Phi) is 8.07. The van der Waals surface area contributed by atoms with Gasteiger partial charge in [0.1, 0.15) is 23.2 Å². The summed E-state index contributed by atoms with van der Waals surface area (Å²) in [5, 5.41) is 5.68. The molecule has 10 rings (SSSR count). The molecule has 260 valence electrons. The lowest BCUT2D eigenvalue weighted by atomic mass is 9.95. The van der Waals surface area contributed by atoms with Gasteiger partial charge in [0.15, 0.2) is 23.3 Å². The number of amidine groups is 2. The molecule has 0 saturated heterocycles. The van der Waals surface area contributed by atoms with Crippen LogP contribution in [-0.4, -0.2) is 26.6 Å². The van der Waals surface area contributed by atoms with Gasteiger partial charge in [0.2, 0.25) is 0 Å². The van der Waals surface area contributed by atoms with E-state index in [1.54, 1.807) is 0 Å². The SMILES string of the molecule is c1ccc(C2=NC(c3ccc(-c4ccc5oc6ccccc6c5c4)c(-c4nc(-c5ccccc5)nc(-c5ccccc5)n4)c3)=NC(c3ccccc3)N2)cc1. The van der Waals surface area contributed by atoms with Gasteiger partial charge in [-0.2, -0.15) is 0 Å². The summed E-state index contributed by atoms with van der Waals surface area (Å²) in [7, 11) is 0. The van der Waals surface area contributed by atoms with Crippen LogP contribution in [0.5, 0.6) is 0 Å². The van der Waals surface area contributed by atoms with E-state index in [0.29, 0.717) is 23.3 Å². The van der Waals surface area contributed by atoms with Crippen LogP contribution < -0.4 is 5.32 Å². The zero-order valence-electron chi connectivity index (χ0n) is 29.5. The zero-order chi connectivity index (χ0) is 36.6. The molecule has 1 unspecified atom stereocenters. The van der Waals surface area contributed by atoms with Crippen molar-refractivity contribution in [2.24, 2.45) is 9.98 Å². The summed E-state index contributed by atoms with van der Waals surface area (Å²) in [6, 6.07) is 61.3. The first-order chi connectivity index (χ1) is 27.2. The van der Waals surface area contributed by atoms with Crippen molar-refractivity contribution in [3.63, 3.8) is 0 Å². The molecule has 1 aliphatic rings. The van der Waals surface area contributed by atoms with E-state index >= 15 is 0 Å². The number of hydrogen-bond acceptors (Lipinski definition) is 7. The molecule has 1 atom stereocenters. The van der Waals surface area contributed by atoms with Gasteiger partial charge in [-0.15, -0.1) is 0 Å². The van der Waals surface area contributed by atoms with Crippen molar-refractivity contribution in [2.75, 3.05) is 0 Å². The van der Waals surface area contributed by atoms with Crippen molar-refractivity contribution in [3.05, 3.63) is 199 Å². The average Bonchev–Trinajstić information content (AvgIpc) is 3.65. The second kappa shape index (κ2) is 13.8. The summed E-state index contributed by atoms with van der Waals surface area (Å²) in [4.78, 5) is 25.6. The minimum Gasteiger partial charge on any atom is -0.456 e. The number of aliphatic imine (C=N–C) groups is 2. The molecule has 1 N–H and O–H groups in total. The molecule has 0 spiro atoms. The molecule has 2 aromatic heterocycles. The summed E-state index contributed by atoms with van der Waals surface area (Å²) < 4.78 is 6.21. The molecular weight excluding hydrogens is 677 g/mol. The maximum absolute atomic E-state index is 6.21. The number of benzene rings is 7. The molecule has 7 heteroatoms. The average molecular weight is 709 g/mol. The second-order valence-electron chi connectivity index (χ2n) is 13.3. The van der Waals surface area contributed by atoms with E-state index in [1.807, 2.05) is 121 Å². The first-order valence-corrected chi connectivity index (χ1v) is 18.2. The van der Waals surface area contributed by atoms with E-state index in [9.17, 15) is 0 Å². The molecule has 55 heavy (non-hydrogen) atoms. The van der Waals surface area contributed by atoms with Gasteiger partial charge in [0.25, 0.3) is 0 Å². The van der Waals surface area contributed by atoms with E-state index in [-0.39, 0.29) is 6.17 Å². The maximum atomic E-state index is 6.21. The van der Waals surface area contributed by atoms with Crippen LogP contribution in [-0.2, 0) is 0 Å². The fourth-order valence-corrected chi connectivity index (χ4v) is 7.07. The van der Waals surface area contributed by atoms with Crippen LogP contribution in [0.1, 0.15) is 22.9 Å². The lowest BCUT2D eigenvalue weighted by molar-refractivity contribution is 0.669. The third-order valence-corrected chi connectivity index (χ3v) is 9.81. The monoisotopic (exact) mass is 708 g/mol. The fraction of sp³-hybridized carbons (Fsp3) is 0.0208. The van der Waals surface area contributed by atoms with E-state index < -0.39 is 0 Å². The molecule has 0 bridgehead atoms.